The van der Waals surface area contributed by atoms with E-state index in [2.05, 4.69) is 0 Å². The molecule has 0 saturated carbocycles. The van der Waals surface area contributed by atoms with Gasteiger partial charge < -0.3 is 19.1 Å². The summed E-state index contributed by atoms with van der Waals surface area (Å²) in [6, 6.07) is 1.75. The Labute approximate surface area is 145 Å². The van der Waals surface area contributed by atoms with Gasteiger partial charge in [-0.2, -0.15) is 0 Å². The van der Waals surface area contributed by atoms with Crippen LogP contribution < -0.4 is 0 Å². The number of likely N-dealkylation sites (tertiary alicyclic amines) is 1. The molecule has 6 nitrogen and oxygen atoms in total. The predicted molar refractivity (Wildman–Crippen MR) is 86.6 cm³/mol. The fraction of sp³-hybridized carbons (Fsp3) is 0.647. The molecule has 2 aliphatic heterocycles. The van der Waals surface area contributed by atoms with E-state index in [4.69, 9.17) is 4.74 Å². The average molecular weight is 355 g/mol. The first-order valence-corrected chi connectivity index (χ1v) is 8.29. The molecule has 0 aliphatic carbocycles. The maximum atomic E-state index is 13.0. The minimum absolute atomic E-state index is 0.337. The van der Waals surface area contributed by atoms with E-state index >= 15 is 0 Å². The highest BCUT2D eigenvalue weighted by molar-refractivity contribution is 5.94. The van der Waals surface area contributed by atoms with E-state index in [1.54, 1.807) is 22.6 Å². The third kappa shape index (κ3) is 3.48. The standard InChI is InChI=1S/C17H23F2N3O3/c1-16(2,3)25-15(24)21-6-5-11-7-12(20(4)13(11)8-21)14(23)22-9-17(18,19)10-22/h7H,5-6,8-10H2,1-4H3. The van der Waals surface area contributed by atoms with Gasteiger partial charge in [-0.05, 0) is 38.8 Å². The lowest BCUT2D eigenvalue weighted by atomic mass is 10.1. The molecule has 0 N–H and O–H groups in total. The number of aromatic nitrogens is 1. The van der Waals surface area contributed by atoms with E-state index in [-0.39, 0.29) is 0 Å². The van der Waals surface area contributed by atoms with Crippen molar-refractivity contribution in [2.24, 2.45) is 7.05 Å². The van der Waals surface area contributed by atoms with Gasteiger partial charge in [0.2, 0.25) is 0 Å². The molecule has 25 heavy (non-hydrogen) atoms. The van der Waals surface area contributed by atoms with Crippen LogP contribution in [0.5, 0.6) is 0 Å². The van der Waals surface area contributed by atoms with Gasteiger partial charge in [0.25, 0.3) is 11.8 Å². The molecule has 2 aliphatic rings. The van der Waals surface area contributed by atoms with Crippen LogP contribution in [0.4, 0.5) is 13.6 Å². The Balaban J connectivity index is 1.74. The Morgan fingerprint density at radius 3 is 2.40 bits per heavy atom. The number of alkyl halides is 2. The lowest BCUT2D eigenvalue weighted by Gasteiger charge is -2.38. The second-order valence-electron chi connectivity index (χ2n) is 7.73. The number of carbonyl (C=O) groups is 2. The molecule has 2 amide bonds. The Morgan fingerprint density at radius 1 is 1.20 bits per heavy atom. The van der Waals surface area contributed by atoms with Crippen LogP contribution in [-0.4, -0.2) is 57.5 Å². The zero-order chi connectivity index (χ0) is 18.6. The first-order valence-electron chi connectivity index (χ1n) is 8.29. The summed E-state index contributed by atoms with van der Waals surface area (Å²) >= 11 is 0. The molecule has 3 heterocycles. The van der Waals surface area contributed by atoms with Gasteiger partial charge in [0, 0.05) is 19.3 Å². The van der Waals surface area contributed by atoms with E-state index in [9.17, 15) is 18.4 Å². The minimum atomic E-state index is -2.78. The highest BCUT2D eigenvalue weighted by atomic mass is 19.3. The van der Waals surface area contributed by atoms with E-state index < -0.39 is 36.6 Å². The summed E-state index contributed by atoms with van der Waals surface area (Å²) in [5, 5.41) is 0. The van der Waals surface area contributed by atoms with Gasteiger partial charge in [0.05, 0.1) is 19.6 Å². The van der Waals surface area contributed by atoms with E-state index in [1.165, 1.54) is 0 Å². The molecule has 138 valence electrons. The highest BCUT2D eigenvalue weighted by Gasteiger charge is 2.47. The second kappa shape index (κ2) is 5.71. The van der Waals surface area contributed by atoms with Crippen LogP contribution in [0.1, 0.15) is 42.5 Å². The third-order valence-electron chi connectivity index (χ3n) is 4.44. The highest BCUT2D eigenvalue weighted by Crippen LogP contribution is 2.30. The maximum absolute atomic E-state index is 13.0. The Morgan fingerprint density at radius 2 is 1.84 bits per heavy atom. The topological polar surface area (TPSA) is 54.8 Å². The average Bonchev–Trinajstić information content (AvgIpc) is 2.79. The van der Waals surface area contributed by atoms with Crippen LogP contribution in [0.15, 0.2) is 6.07 Å². The van der Waals surface area contributed by atoms with Crippen molar-refractivity contribution in [3.63, 3.8) is 0 Å². The molecule has 1 aromatic heterocycles. The van der Waals surface area contributed by atoms with Gasteiger partial charge in [-0.25, -0.2) is 13.6 Å². The van der Waals surface area contributed by atoms with Crippen molar-refractivity contribution in [2.45, 2.75) is 45.3 Å². The largest absolute Gasteiger partial charge is 0.444 e. The lowest BCUT2D eigenvalue weighted by molar-refractivity contribution is -0.113. The quantitative estimate of drug-likeness (QED) is 0.777. The van der Waals surface area contributed by atoms with Gasteiger partial charge in [-0.1, -0.05) is 0 Å². The van der Waals surface area contributed by atoms with Crippen molar-refractivity contribution >= 4 is 12.0 Å². The molecule has 1 fully saturated rings. The summed E-state index contributed by atoms with van der Waals surface area (Å²) in [6.45, 7) is 5.19. The maximum Gasteiger partial charge on any atom is 0.410 e. The molecule has 3 rings (SSSR count). The Kier molecular flexibility index (Phi) is 4.04. The summed E-state index contributed by atoms with van der Waals surface area (Å²) in [7, 11) is 1.72. The predicted octanol–water partition coefficient (Wildman–Crippen LogP) is 2.41. The molecule has 0 aromatic carbocycles. The molecule has 0 bridgehead atoms. The Hall–Kier alpha value is -2.12. The summed E-state index contributed by atoms with van der Waals surface area (Å²) in [5.74, 6) is -3.18. The molecule has 8 heteroatoms. The molecule has 0 spiro atoms. The summed E-state index contributed by atoms with van der Waals surface area (Å²) < 4.78 is 33.1. The van der Waals surface area contributed by atoms with Crippen LogP contribution in [0, 0.1) is 0 Å². The first-order chi connectivity index (χ1) is 11.5. The van der Waals surface area contributed by atoms with Gasteiger partial charge in [0.15, 0.2) is 0 Å². The van der Waals surface area contributed by atoms with Gasteiger partial charge in [-0.3, -0.25) is 4.79 Å². The zero-order valence-corrected chi connectivity index (χ0v) is 14.9. The van der Waals surface area contributed by atoms with Crippen LogP contribution in [0.2, 0.25) is 0 Å². The fourth-order valence-corrected chi connectivity index (χ4v) is 3.15. The number of halogens is 2. The number of rotatable bonds is 1. The fourth-order valence-electron chi connectivity index (χ4n) is 3.15. The minimum Gasteiger partial charge on any atom is -0.444 e. The van der Waals surface area contributed by atoms with Crippen LogP contribution in [-0.2, 0) is 24.8 Å². The summed E-state index contributed by atoms with van der Waals surface area (Å²) in [4.78, 5) is 27.4. The van der Waals surface area contributed by atoms with Crippen LogP contribution in [0.3, 0.4) is 0 Å². The first kappa shape index (κ1) is 17.7. The molecule has 0 unspecified atom stereocenters. The molecule has 0 atom stereocenters. The SMILES string of the molecule is Cn1c(C(=O)N2CC(F)(F)C2)cc2c1CN(C(=O)OC(C)(C)C)CC2. The van der Waals surface area contributed by atoms with Crippen molar-refractivity contribution in [2.75, 3.05) is 19.6 Å². The number of hydrogen-bond donors (Lipinski definition) is 0. The van der Waals surface area contributed by atoms with Gasteiger partial charge >= 0.3 is 6.09 Å². The molecule has 1 saturated heterocycles. The molecule has 1 aromatic rings. The van der Waals surface area contributed by atoms with Crippen molar-refractivity contribution in [1.29, 1.82) is 0 Å². The van der Waals surface area contributed by atoms with E-state index in [1.807, 2.05) is 20.8 Å². The number of carbonyl (C=O) groups excluding carboxylic acids is 2. The summed E-state index contributed by atoms with van der Waals surface area (Å²) in [5.41, 5.74) is 1.62. The van der Waals surface area contributed by atoms with E-state index in [0.717, 1.165) is 16.2 Å². The normalized spacial score (nSPS) is 19.3. The smallest absolute Gasteiger partial charge is 0.410 e. The number of amides is 2. The van der Waals surface area contributed by atoms with Crippen molar-refractivity contribution in [1.82, 2.24) is 14.4 Å². The summed E-state index contributed by atoms with van der Waals surface area (Å²) in [6.07, 6.45) is 0.209. The molecular formula is C17H23F2N3O3. The van der Waals surface area contributed by atoms with Gasteiger partial charge in [0.1, 0.15) is 11.3 Å². The second-order valence-corrected chi connectivity index (χ2v) is 7.73. The number of hydrogen-bond acceptors (Lipinski definition) is 3. The number of nitrogens with zero attached hydrogens (tertiary/aromatic N) is 3. The van der Waals surface area contributed by atoms with Crippen molar-refractivity contribution in [3.8, 4) is 0 Å². The third-order valence-corrected chi connectivity index (χ3v) is 4.44. The van der Waals surface area contributed by atoms with Gasteiger partial charge in [-0.15, -0.1) is 0 Å². The lowest BCUT2D eigenvalue weighted by Crippen LogP contribution is -2.58. The monoisotopic (exact) mass is 355 g/mol. The molecular weight excluding hydrogens is 332 g/mol. The number of fused-ring (bicyclic) bond motifs is 1. The Bertz CT molecular complexity index is 713. The van der Waals surface area contributed by atoms with Crippen molar-refractivity contribution in [3.05, 3.63) is 23.0 Å². The molecule has 0 radical (unpaired) electrons. The van der Waals surface area contributed by atoms with Crippen LogP contribution in [0.25, 0.3) is 0 Å². The zero-order valence-electron chi connectivity index (χ0n) is 14.9. The van der Waals surface area contributed by atoms with Crippen LogP contribution >= 0.6 is 0 Å². The van der Waals surface area contributed by atoms with Crippen molar-refractivity contribution < 1.29 is 23.1 Å². The number of ether oxygens (including phenoxy) is 1. The van der Waals surface area contributed by atoms with E-state index in [0.29, 0.717) is 25.2 Å².